The SMILES string of the molecule is CNCc1cc(Br)cnc1N(C)C(C)CC(C)C. The topological polar surface area (TPSA) is 28.2 Å². The summed E-state index contributed by atoms with van der Waals surface area (Å²) in [4.78, 5) is 6.84. The monoisotopic (exact) mass is 313 g/mol. The number of anilines is 1. The number of hydrogen-bond acceptors (Lipinski definition) is 3. The van der Waals surface area contributed by atoms with Crippen LogP contribution < -0.4 is 10.2 Å². The molecule has 1 aromatic rings. The van der Waals surface area contributed by atoms with Gasteiger partial charge in [0.1, 0.15) is 5.82 Å². The van der Waals surface area contributed by atoms with Gasteiger partial charge in [0.25, 0.3) is 0 Å². The van der Waals surface area contributed by atoms with E-state index in [1.165, 1.54) is 12.0 Å². The summed E-state index contributed by atoms with van der Waals surface area (Å²) in [5.74, 6) is 1.77. The maximum Gasteiger partial charge on any atom is 0.133 e. The van der Waals surface area contributed by atoms with Crippen LogP contribution in [-0.2, 0) is 6.54 Å². The van der Waals surface area contributed by atoms with Gasteiger partial charge in [0.2, 0.25) is 0 Å². The fourth-order valence-corrected chi connectivity index (χ4v) is 2.54. The number of aromatic nitrogens is 1. The predicted octanol–water partition coefficient (Wildman–Crippen LogP) is 3.43. The van der Waals surface area contributed by atoms with Crippen molar-refractivity contribution >= 4 is 21.7 Å². The van der Waals surface area contributed by atoms with Crippen LogP contribution >= 0.6 is 15.9 Å². The molecule has 0 aromatic carbocycles. The normalized spacial score (nSPS) is 12.8. The molecule has 0 amide bonds. The molecule has 1 unspecified atom stereocenters. The Morgan fingerprint density at radius 2 is 2.06 bits per heavy atom. The van der Waals surface area contributed by atoms with Gasteiger partial charge in [0.05, 0.1) is 0 Å². The van der Waals surface area contributed by atoms with E-state index in [0.29, 0.717) is 12.0 Å². The molecule has 0 spiro atoms. The van der Waals surface area contributed by atoms with Crippen molar-refractivity contribution in [2.45, 2.75) is 39.8 Å². The van der Waals surface area contributed by atoms with Crippen LogP contribution in [-0.4, -0.2) is 25.1 Å². The van der Waals surface area contributed by atoms with Crippen LogP contribution in [0.2, 0.25) is 0 Å². The summed E-state index contributed by atoms with van der Waals surface area (Å²) in [6.07, 6.45) is 3.04. The molecule has 4 heteroatoms. The number of nitrogens with zero attached hydrogens (tertiary/aromatic N) is 2. The van der Waals surface area contributed by atoms with Crippen LogP contribution in [0.25, 0.3) is 0 Å². The predicted molar refractivity (Wildman–Crippen MR) is 82.0 cm³/mol. The van der Waals surface area contributed by atoms with Crippen molar-refractivity contribution < 1.29 is 0 Å². The van der Waals surface area contributed by atoms with Crippen molar-refractivity contribution in [1.82, 2.24) is 10.3 Å². The first-order valence-corrected chi connectivity index (χ1v) is 7.26. The standard InChI is InChI=1S/C14H24BrN3/c1-10(2)6-11(3)18(5)14-12(8-16-4)7-13(15)9-17-14/h7,9-11,16H,6,8H2,1-5H3. The van der Waals surface area contributed by atoms with Gasteiger partial charge in [0, 0.05) is 35.9 Å². The van der Waals surface area contributed by atoms with Crippen molar-refractivity contribution in [3.63, 3.8) is 0 Å². The highest BCUT2D eigenvalue weighted by atomic mass is 79.9. The highest BCUT2D eigenvalue weighted by molar-refractivity contribution is 9.10. The Morgan fingerprint density at radius 1 is 1.39 bits per heavy atom. The molecule has 0 radical (unpaired) electrons. The highest BCUT2D eigenvalue weighted by Gasteiger charge is 2.16. The number of rotatable bonds is 6. The Labute approximate surface area is 119 Å². The Morgan fingerprint density at radius 3 is 2.61 bits per heavy atom. The van der Waals surface area contributed by atoms with Gasteiger partial charge in [-0.1, -0.05) is 13.8 Å². The minimum atomic E-state index is 0.495. The largest absolute Gasteiger partial charge is 0.357 e. The van der Waals surface area contributed by atoms with E-state index in [0.717, 1.165) is 16.8 Å². The molecule has 1 rings (SSSR count). The average molecular weight is 314 g/mol. The van der Waals surface area contributed by atoms with Gasteiger partial charge in [-0.25, -0.2) is 4.98 Å². The zero-order valence-electron chi connectivity index (χ0n) is 12.0. The summed E-state index contributed by atoms with van der Waals surface area (Å²) in [6.45, 7) is 7.61. The zero-order chi connectivity index (χ0) is 13.7. The first kappa shape index (κ1) is 15.4. The smallest absolute Gasteiger partial charge is 0.133 e. The van der Waals surface area contributed by atoms with E-state index in [4.69, 9.17) is 0 Å². The minimum absolute atomic E-state index is 0.495. The van der Waals surface area contributed by atoms with Gasteiger partial charge < -0.3 is 10.2 Å². The zero-order valence-corrected chi connectivity index (χ0v) is 13.6. The third kappa shape index (κ3) is 4.25. The van der Waals surface area contributed by atoms with E-state index in [9.17, 15) is 0 Å². The van der Waals surface area contributed by atoms with Gasteiger partial charge in [0.15, 0.2) is 0 Å². The van der Waals surface area contributed by atoms with E-state index in [1.807, 2.05) is 13.2 Å². The van der Waals surface area contributed by atoms with Gasteiger partial charge >= 0.3 is 0 Å². The number of hydrogen-bond donors (Lipinski definition) is 1. The number of pyridine rings is 1. The Bertz CT molecular complexity index is 379. The Hall–Kier alpha value is -0.610. The second kappa shape index (κ2) is 7.10. The highest BCUT2D eigenvalue weighted by Crippen LogP contribution is 2.24. The molecule has 0 aliphatic heterocycles. The van der Waals surface area contributed by atoms with E-state index in [1.54, 1.807) is 0 Å². The third-order valence-electron chi connectivity index (χ3n) is 3.08. The lowest BCUT2D eigenvalue weighted by Crippen LogP contribution is -2.32. The first-order chi connectivity index (χ1) is 8.45. The molecule has 1 atom stereocenters. The fraction of sp³-hybridized carbons (Fsp3) is 0.643. The molecule has 0 saturated heterocycles. The van der Waals surface area contributed by atoms with Crippen LogP contribution in [0, 0.1) is 5.92 Å². The number of halogens is 1. The fourth-order valence-electron chi connectivity index (χ4n) is 2.16. The minimum Gasteiger partial charge on any atom is -0.357 e. The Balaban J connectivity index is 2.93. The lowest BCUT2D eigenvalue weighted by molar-refractivity contribution is 0.501. The van der Waals surface area contributed by atoms with Crippen molar-refractivity contribution in [2.75, 3.05) is 19.0 Å². The molecule has 0 bridgehead atoms. The number of nitrogens with one attached hydrogen (secondary N) is 1. The summed E-state index contributed by atoms with van der Waals surface area (Å²) in [5, 5.41) is 3.20. The molecule has 102 valence electrons. The van der Waals surface area contributed by atoms with Gasteiger partial charge in [-0.15, -0.1) is 0 Å². The summed E-state index contributed by atoms with van der Waals surface area (Å²) in [6, 6.07) is 2.63. The van der Waals surface area contributed by atoms with Crippen LogP contribution in [0.5, 0.6) is 0 Å². The summed E-state index contributed by atoms with van der Waals surface area (Å²) >= 11 is 3.48. The molecule has 1 N–H and O–H groups in total. The summed E-state index contributed by atoms with van der Waals surface area (Å²) < 4.78 is 1.03. The third-order valence-corrected chi connectivity index (χ3v) is 3.52. The van der Waals surface area contributed by atoms with Crippen molar-refractivity contribution in [1.29, 1.82) is 0 Å². The first-order valence-electron chi connectivity index (χ1n) is 6.47. The maximum atomic E-state index is 4.56. The molecule has 0 aliphatic rings. The summed E-state index contributed by atoms with van der Waals surface area (Å²) in [5.41, 5.74) is 1.23. The molecule has 1 heterocycles. The van der Waals surface area contributed by atoms with E-state index in [2.05, 4.69) is 65.0 Å². The van der Waals surface area contributed by atoms with Crippen LogP contribution in [0.1, 0.15) is 32.8 Å². The molecule has 0 saturated carbocycles. The average Bonchev–Trinajstić information content (AvgIpc) is 2.28. The van der Waals surface area contributed by atoms with E-state index in [-0.39, 0.29) is 0 Å². The van der Waals surface area contributed by atoms with Crippen LogP contribution in [0.15, 0.2) is 16.7 Å². The maximum absolute atomic E-state index is 4.56. The van der Waals surface area contributed by atoms with E-state index >= 15 is 0 Å². The molecular formula is C14H24BrN3. The van der Waals surface area contributed by atoms with E-state index < -0.39 is 0 Å². The molecular weight excluding hydrogens is 290 g/mol. The quantitative estimate of drug-likeness (QED) is 0.872. The van der Waals surface area contributed by atoms with Crippen molar-refractivity contribution in [3.8, 4) is 0 Å². The van der Waals surface area contributed by atoms with Gasteiger partial charge in [-0.2, -0.15) is 0 Å². The molecule has 0 fully saturated rings. The molecule has 1 aromatic heterocycles. The summed E-state index contributed by atoms with van der Waals surface area (Å²) in [7, 11) is 4.09. The second-order valence-corrected chi connectivity index (χ2v) is 6.17. The Kier molecular flexibility index (Phi) is 6.09. The lowest BCUT2D eigenvalue weighted by Gasteiger charge is -2.29. The van der Waals surface area contributed by atoms with Crippen LogP contribution in [0.4, 0.5) is 5.82 Å². The van der Waals surface area contributed by atoms with Gasteiger partial charge in [-0.3, -0.25) is 0 Å². The molecule has 3 nitrogen and oxygen atoms in total. The second-order valence-electron chi connectivity index (χ2n) is 5.26. The molecule has 0 aliphatic carbocycles. The molecule has 18 heavy (non-hydrogen) atoms. The van der Waals surface area contributed by atoms with Crippen molar-refractivity contribution in [2.24, 2.45) is 5.92 Å². The van der Waals surface area contributed by atoms with Crippen LogP contribution in [0.3, 0.4) is 0 Å². The van der Waals surface area contributed by atoms with Crippen molar-refractivity contribution in [3.05, 3.63) is 22.3 Å². The van der Waals surface area contributed by atoms with Gasteiger partial charge in [-0.05, 0) is 48.3 Å². The lowest BCUT2D eigenvalue weighted by atomic mass is 10.0.